The molecule has 6 heteroatoms. The number of hydrogen-bond acceptors (Lipinski definition) is 4. The fourth-order valence-electron chi connectivity index (χ4n) is 1.16. The lowest BCUT2D eigenvalue weighted by molar-refractivity contribution is 0.476. The van der Waals surface area contributed by atoms with E-state index in [0.717, 1.165) is 0 Å². The summed E-state index contributed by atoms with van der Waals surface area (Å²) in [5, 5.41) is 14.2. The lowest BCUT2D eigenvalue weighted by atomic mass is 10.2. The molecule has 0 radical (unpaired) electrons. The van der Waals surface area contributed by atoms with Crippen molar-refractivity contribution >= 4 is 21.0 Å². The SMILES string of the molecule is NS(=O)(=O)c1cc2c(O)cccc2o1. The molecule has 0 saturated heterocycles. The van der Waals surface area contributed by atoms with Crippen molar-refractivity contribution in [1.29, 1.82) is 0 Å². The Kier molecular flexibility index (Phi) is 1.76. The number of primary sulfonamides is 1. The van der Waals surface area contributed by atoms with Crippen LogP contribution in [0, 0.1) is 0 Å². The fourth-order valence-corrected chi connectivity index (χ4v) is 1.65. The molecule has 1 aromatic carbocycles. The summed E-state index contributed by atoms with van der Waals surface area (Å²) in [4.78, 5) is 0. The van der Waals surface area contributed by atoms with Crippen molar-refractivity contribution in [3.8, 4) is 5.75 Å². The summed E-state index contributed by atoms with van der Waals surface area (Å²) < 4.78 is 26.8. The average molecular weight is 213 g/mol. The number of nitrogens with two attached hydrogens (primary N) is 1. The lowest BCUT2D eigenvalue weighted by Crippen LogP contribution is -2.10. The summed E-state index contributed by atoms with van der Waals surface area (Å²) in [6, 6.07) is 5.72. The zero-order chi connectivity index (χ0) is 10.3. The maximum absolute atomic E-state index is 10.9. The molecule has 0 bridgehead atoms. The van der Waals surface area contributed by atoms with Crippen LogP contribution in [0.1, 0.15) is 0 Å². The number of benzene rings is 1. The Morgan fingerprint density at radius 3 is 2.64 bits per heavy atom. The average Bonchev–Trinajstić information content (AvgIpc) is 2.48. The van der Waals surface area contributed by atoms with E-state index in [0.29, 0.717) is 5.39 Å². The third-order valence-electron chi connectivity index (χ3n) is 1.80. The van der Waals surface area contributed by atoms with Crippen LogP contribution in [0.4, 0.5) is 0 Å². The molecule has 1 aromatic heterocycles. The number of fused-ring (bicyclic) bond motifs is 1. The van der Waals surface area contributed by atoms with Gasteiger partial charge in [0.2, 0.25) is 5.09 Å². The highest BCUT2D eigenvalue weighted by Gasteiger charge is 2.15. The molecule has 2 aromatic rings. The summed E-state index contributed by atoms with van der Waals surface area (Å²) >= 11 is 0. The summed E-state index contributed by atoms with van der Waals surface area (Å²) in [7, 11) is -3.86. The van der Waals surface area contributed by atoms with Gasteiger partial charge in [0.05, 0.1) is 5.39 Å². The molecule has 74 valence electrons. The first kappa shape index (κ1) is 9.04. The van der Waals surface area contributed by atoms with Crippen LogP contribution in [0.3, 0.4) is 0 Å². The standard InChI is InChI=1S/C8H7NO4S/c9-14(11,12)8-4-5-6(10)2-1-3-7(5)13-8/h1-4,10H,(H2,9,11,12). The van der Waals surface area contributed by atoms with E-state index in [1.54, 1.807) is 12.1 Å². The highest BCUT2D eigenvalue weighted by Crippen LogP contribution is 2.28. The Morgan fingerprint density at radius 1 is 1.36 bits per heavy atom. The molecule has 0 spiro atoms. The van der Waals surface area contributed by atoms with Gasteiger partial charge in [-0.15, -0.1) is 0 Å². The van der Waals surface area contributed by atoms with Gasteiger partial charge < -0.3 is 9.52 Å². The number of aromatic hydroxyl groups is 1. The molecule has 0 unspecified atom stereocenters. The van der Waals surface area contributed by atoms with Gasteiger partial charge in [-0.25, -0.2) is 13.6 Å². The van der Waals surface area contributed by atoms with Crippen LogP contribution >= 0.6 is 0 Å². The van der Waals surface area contributed by atoms with Gasteiger partial charge in [0.1, 0.15) is 11.3 Å². The molecule has 0 amide bonds. The minimum absolute atomic E-state index is 0.0406. The molecule has 0 aliphatic rings. The van der Waals surface area contributed by atoms with Gasteiger partial charge in [-0.1, -0.05) is 6.07 Å². The molecule has 1 heterocycles. The largest absolute Gasteiger partial charge is 0.507 e. The van der Waals surface area contributed by atoms with Crippen molar-refractivity contribution in [3.05, 3.63) is 24.3 Å². The molecule has 14 heavy (non-hydrogen) atoms. The van der Waals surface area contributed by atoms with Crippen LogP contribution < -0.4 is 5.14 Å². The first-order valence-corrected chi connectivity index (χ1v) is 5.27. The van der Waals surface area contributed by atoms with Crippen molar-refractivity contribution < 1.29 is 17.9 Å². The molecular formula is C8H7NO4S. The molecule has 2 rings (SSSR count). The van der Waals surface area contributed by atoms with Crippen LogP contribution in [0.5, 0.6) is 5.75 Å². The van der Waals surface area contributed by atoms with E-state index in [-0.39, 0.29) is 16.4 Å². The highest BCUT2D eigenvalue weighted by molar-refractivity contribution is 7.89. The summed E-state index contributed by atoms with van der Waals surface area (Å²) in [6.45, 7) is 0. The summed E-state index contributed by atoms with van der Waals surface area (Å²) in [5.41, 5.74) is 0.286. The maximum atomic E-state index is 10.9. The predicted octanol–water partition coefficient (Wildman–Crippen LogP) is 0.786. The van der Waals surface area contributed by atoms with Gasteiger partial charge in [-0.05, 0) is 12.1 Å². The molecule has 0 atom stereocenters. The number of rotatable bonds is 1. The second-order valence-corrected chi connectivity index (χ2v) is 4.29. The van der Waals surface area contributed by atoms with Gasteiger partial charge in [0, 0.05) is 6.07 Å². The molecule has 0 aliphatic carbocycles. The van der Waals surface area contributed by atoms with Crippen LogP contribution in [0.15, 0.2) is 33.8 Å². The number of hydrogen-bond donors (Lipinski definition) is 2. The van der Waals surface area contributed by atoms with Gasteiger partial charge in [-0.3, -0.25) is 0 Å². The molecular weight excluding hydrogens is 206 g/mol. The maximum Gasteiger partial charge on any atom is 0.271 e. The molecule has 0 aliphatic heterocycles. The zero-order valence-electron chi connectivity index (χ0n) is 6.97. The van der Waals surface area contributed by atoms with Crippen LogP contribution in [-0.4, -0.2) is 13.5 Å². The third-order valence-corrected chi connectivity index (χ3v) is 2.56. The minimum Gasteiger partial charge on any atom is -0.507 e. The fraction of sp³-hybridized carbons (Fsp3) is 0. The molecule has 0 fully saturated rings. The van der Waals surface area contributed by atoms with E-state index >= 15 is 0 Å². The predicted molar refractivity (Wildman–Crippen MR) is 49.3 cm³/mol. The van der Waals surface area contributed by atoms with Gasteiger partial charge in [0.25, 0.3) is 10.0 Å². The number of furan rings is 1. The first-order valence-electron chi connectivity index (χ1n) is 3.73. The van der Waals surface area contributed by atoms with Crippen LogP contribution in [-0.2, 0) is 10.0 Å². The Hall–Kier alpha value is -1.53. The molecule has 5 nitrogen and oxygen atoms in total. The van der Waals surface area contributed by atoms with E-state index in [1.165, 1.54) is 12.1 Å². The van der Waals surface area contributed by atoms with Crippen molar-refractivity contribution in [3.63, 3.8) is 0 Å². The Bertz CT molecular complexity index is 584. The topological polar surface area (TPSA) is 93.5 Å². The van der Waals surface area contributed by atoms with Crippen molar-refractivity contribution in [2.45, 2.75) is 5.09 Å². The first-order chi connectivity index (χ1) is 6.48. The van der Waals surface area contributed by atoms with E-state index in [1.807, 2.05) is 0 Å². The summed E-state index contributed by atoms with van der Waals surface area (Å²) in [5.74, 6) is -0.0406. The van der Waals surface area contributed by atoms with Gasteiger partial charge >= 0.3 is 0 Å². The third kappa shape index (κ3) is 1.34. The molecule has 3 N–H and O–H groups in total. The van der Waals surface area contributed by atoms with Crippen molar-refractivity contribution in [2.75, 3.05) is 0 Å². The van der Waals surface area contributed by atoms with E-state index in [4.69, 9.17) is 9.56 Å². The second kappa shape index (κ2) is 2.73. The minimum atomic E-state index is -3.86. The lowest BCUT2D eigenvalue weighted by Gasteiger charge is -1.89. The zero-order valence-corrected chi connectivity index (χ0v) is 7.78. The number of phenolic OH excluding ortho intramolecular Hbond substituents is 1. The Labute approximate surface area is 79.8 Å². The quantitative estimate of drug-likeness (QED) is 0.732. The van der Waals surface area contributed by atoms with Gasteiger partial charge in [0.15, 0.2) is 0 Å². The van der Waals surface area contributed by atoms with Crippen molar-refractivity contribution in [2.24, 2.45) is 5.14 Å². The number of sulfonamides is 1. The van der Waals surface area contributed by atoms with Crippen LogP contribution in [0.25, 0.3) is 11.0 Å². The normalized spacial score (nSPS) is 12.1. The smallest absolute Gasteiger partial charge is 0.271 e. The van der Waals surface area contributed by atoms with Crippen molar-refractivity contribution in [1.82, 2.24) is 0 Å². The summed E-state index contributed by atoms with van der Waals surface area (Å²) in [6.07, 6.45) is 0. The van der Waals surface area contributed by atoms with E-state index in [2.05, 4.69) is 0 Å². The second-order valence-electron chi connectivity index (χ2n) is 2.80. The monoisotopic (exact) mass is 213 g/mol. The van der Waals surface area contributed by atoms with Gasteiger partial charge in [-0.2, -0.15) is 0 Å². The molecule has 0 saturated carbocycles. The number of phenols is 1. The Morgan fingerprint density at radius 2 is 2.07 bits per heavy atom. The Balaban J connectivity index is 2.81. The van der Waals surface area contributed by atoms with Crippen LogP contribution in [0.2, 0.25) is 0 Å². The van der Waals surface area contributed by atoms with E-state index < -0.39 is 10.0 Å². The highest BCUT2D eigenvalue weighted by atomic mass is 32.2. The van der Waals surface area contributed by atoms with E-state index in [9.17, 15) is 13.5 Å².